The van der Waals surface area contributed by atoms with Crippen LogP contribution in [-0.2, 0) is 11.2 Å². The number of hydrogen-bond acceptors (Lipinski definition) is 3. The van der Waals surface area contributed by atoms with Crippen LogP contribution in [-0.4, -0.2) is 18.5 Å². The monoisotopic (exact) mass is 219 g/mol. The van der Waals surface area contributed by atoms with Gasteiger partial charge in [-0.3, -0.25) is 4.79 Å². The zero-order valence-electron chi connectivity index (χ0n) is 9.44. The fourth-order valence-electron chi connectivity index (χ4n) is 1.86. The number of nitrogens with zero attached hydrogens (tertiary/aromatic N) is 1. The molecule has 4 heteroatoms. The predicted octanol–water partition coefficient (Wildman–Crippen LogP) is 0.818. The molecule has 4 nitrogen and oxygen atoms in total. The molecular formula is C12H17N3O. The molecule has 1 aliphatic heterocycles. The van der Waals surface area contributed by atoms with E-state index in [1.165, 1.54) is 5.56 Å². The minimum absolute atomic E-state index is 0.125. The molecule has 0 spiro atoms. The van der Waals surface area contributed by atoms with Gasteiger partial charge in [0.25, 0.3) is 0 Å². The lowest BCUT2D eigenvalue weighted by atomic mass is 10.1. The molecule has 16 heavy (non-hydrogen) atoms. The highest BCUT2D eigenvalue weighted by Gasteiger charge is 2.20. The Bertz CT molecular complexity index is 372. The molecule has 1 aliphatic rings. The summed E-state index contributed by atoms with van der Waals surface area (Å²) in [7, 11) is 0. The van der Waals surface area contributed by atoms with Gasteiger partial charge in [0.15, 0.2) is 0 Å². The summed E-state index contributed by atoms with van der Waals surface area (Å²) < 4.78 is 0. The Balaban J connectivity index is 2.09. The lowest BCUT2D eigenvalue weighted by Gasteiger charge is -2.16. The van der Waals surface area contributed by atoms with Crippen molar-refractivity contribution in [3.05, 3.63) is 29.8 Å². The number of amides is 1. The minimum Gasteiger partial charge on any atom is -0.328 e. The summed E-state index contributed by atoms with van der Waals surface area (Å²) in [6.07, 6.45) is 1.43. The van der Waals surface area contributed by atoms with E-state index in [0.717, 1.165) is 18.7 Å². The molecule has 1 atom stereocenters. The number of hydrogen-bond donors (Lipinski definition) is 2. The number of carbonyl (C=O) groups is 1. The van der Waals surface area contributed by atoms with Gasteiger partial charge < -0.3 is 5.73 Å². The van der Waals surface area contributed by atoms with Gasteiger partial charge in [-0.2, -0.15) is 0 Å². The highest BCUT2D eigenvalue weighted by atomic mass is 16.2. The molecule has 3 N–H and O–H groups in total. The first-order valence-corrected chi connectivity index (χ1v) is 5.58. The lowest BCUT2D eigenvalue weighted by molar-refractivity contribution is -0.117. The van der Waals surface area contributed by atoms with E-state index in [0.29, 0.717) is 6.42 Å². The molecule has 1 unspecified atom stereocenters. The molecule has 1 saturated heterocycles. The maximum absolute atomic E-state index is 11.5. The second kappa shape index (κ2) is 4.63. The van der Waals surface area contributed by atoms with E-state index in [9.17, 15) is 4.79 Å². The largest absolute Gasteiger partial charge is 0.328 e. The Morgan fingerprint density at radius 1 is 1.44 bits per heavy atom. The number of anilines is 1. The summed E-state index contributed by atoms with van der Waals surface area (Å²) in [5, 5.41) is 1.61. The van der Waals surface area contributed by atoms with Gasteiger partial charge in [-0.1, -0.05) is 12.1 Å². The van der Waals surface area contributed by atoms with Crippen molar-refractivity contribution in [1.29, 1.82) is 0 Å². The number of hydrazine groups is 1. The molecule has 0 bridgehead atoms. The van der Waals surface area contributed by atoms with E-state index in [-0.39, 0.29) is 11.9 Å². The van der Waals surface area contributed by atoms with E-state index < -0.39 is 0 Å². The van der Waals surface area contributed by atoms with Gasteiger partial charge in [0.1, 0.15) is 0 Å². The van der Waals surface area contributed by atoms with Gasteiger partial charge in [-0.25, -0.2) is 10.4 Å². The summed E-state index contributed by atoms with van der Waals surface area (Å²) >= 11 is 0. The van der Waals surface area contributed by atoms with Crippen LogP contribution in [0.3, 0.4) is 0 Å². The SMILES string of the molecule is CC(N)Cc1ccc(N2NCCC2=O)cc1. The standard InChI is InChI=1S/C12H17N3O/c1-9(13)8-10-2-4-11(5-3-10)15-12(16)6-7-14-15/h2-5,9,14H,6-8,13H2,1H3. The highest BCUT2D eigenvalue weighted by Crippen LogP contribution is 2.17. The van der Waals surface area contributed by atoms with Gasteiger partial charge in [-0.15, -0.1) is 0 Å². The van der Waals surface area contributed by atoms with Crippen LogP contribution < -0.4 is 16.2 Å². The van der Waals surface area contributed by atoms with E-state index >= 15 is 0 Å². The molecule has 86 valence electrons. The van der Waals surface area contributed by atoms with Crippen molar-refractivity contribution in [2.75, 3.05) is 11.6 Å². The van der Waals surface area contributed by atoms with Crippen molar-refractivity contribution >= 4 is 11.6 Å². The third kappa shape index (κ3) is 2.40. The van der Waals surface area contributed by atoms with Gasteiger partial charge in [0.05, 0.1) is 5.69 Å². The van der Waals surface area contributed by atoms with E-state index in [1.54, 1.807) is 5.01 Å². The topological polar surface area (TPSA) is 58.4 Å². The Kier molecular flexibility index (Phi) is 3.22. The Morgan fingerprint density at radius 3 is 2.62 bits per heavy atom. The lowest BCUT2D eigenvalue weighted by Crippen LogP contribution is -2.33. The summed E-state index contributed by atoms with van der Waals surface area (Å²) in [6, 6.07) is 8.11. The maximum atomic E-state index is 11.5. The molecule has 1 amide bonds. The minimum atomic E-state index is 0.125. The van der Waals surface area contributed by atoms with Crippen LogP contribution in [0.1, 0.15) is 18.9 Å². The average molecular weight is 219 g/mol. The zero-order valence-corrected chi connectivity index (χ0v) is 9.44. The van der Waals surface area contributed by atoms with Crippen LogP contribution >= 0.6 is 0 Å². The van der Waals surface area contributed by atoms with Crippen LogP contribution in [0.4, 0.5) is 5.69 Å². The summed E-state index contributed by atoms with van der Waals surface area (Å²) in [6.45, 7) is 2.71. The first kappa shape index (κ1) is 11.1. The molecule has 2 rings (SSSR count). The quantitative estimate of drug-likeness (QED) is 0.791. The molecule has 0 radical (unpaired) electrons. The third-order valence-electron chi connectivity index (χ3n) is 2.61. The number of carbonyl (C=O) groups excluding carboxylic acids is 1. The van der Waals surface area contributed by atoms with Crippen molar-refractivity contribution in [1.82, 2.24) is 5.43 Å². The Morgan fingerprint density at radius 2 is 2.12 bits per heavy atom. The van der Waals surface area contributed by atoms with Crippen molar-refractivity contribution in [3.8, 4) is 0 Å². The summed E-state index contributed by atoms with van der Waals surface area (Å²) in [5.74, 6) is 0.125. The second-order valence-electron chi connectivity index (χ2n) is 4.24. The van der Waals surface area contributed by atoms with Crippen LogP contribution in [0.15, 0.2) is 24.3 Å². The predicted molar refractivity (Wildman–Crippen MR) is 63.9 cm³/mol. The first-order chi connectivity index (χ1) is 7.66. The van der Waals surface area contributed by atoms with Crippen LogP contribution in [0, 0.1) is 0 Å². The number of nitrogens with one attached hydrogen (secondary N) is 1. The highest BCUT2D eigenvalue weighted by molar-refractivity contribution is 5.94. The molecule has 1 aromatic carbocycles. The second-order valence-corrected chi connectivity index (χ2v) is 4.24. The molecule has 0 saturated carbocycles. The fraction of sp³-hybridized carbons (Fsp3) is 0.417. The maximum Gasteiger partial charge on any atom is 0.242 e. The molecule has 0 aromatic heterocycles. The third-order valence-corrected chi connectivity index (χ3v) is 2.61. The van der Waals surface area contributed by atoms with Crippen molar-refractivity contribution in [2.24, 2.45) is 5.73 Å². The van der Waals surface area contributed by atoms with Crippen LogP contribution in [0.2, 0.25) is 0 Å². The van der Waals surface area contributed by atoms with Crippen LogP contribution in [0.5, 0.6) is 0 Å². The van der Waals surface area contributed by atoms with Gasteiger partial charge in [0.2, 0.25) is 5.91 Å². The molecular weight excluding hydrogens is 202 g/mol. The van der Waals surface area contributed by atoms with Crippen LogP contribution in [0.25, 0.3) is 0 Å². The van der Waals surface area contributed by atoms with Gasteiger partial charge >= 0.3 is 0 Å². The van der Waals surface area contributed by atoms with E-state index in [2.05, 4.69) is 5.43 Å². The Hall–Kier alpha value is -1.39. The molecule has 1 heterocycles. The number of nitrogens with two attached hydrogens (primary N) is 1. The summed E-state index contributed by atoms with van der Waals surface area (Å²) in [5.41, 5.74) is 10.9. The molecule has 1 fully saturated rings. The fourth-order valence-corrected chi connectivity index (χ4v) is 1.86. The number of benzene rings is 1. The van der Waals surface area contributed by atoms with Crippen molar-refractivity contribution in [3.63, 3.8) is 0 Å². The number of rotatable bonds is 3. The first-order valence-electron chi connectivity index (χ1n) is 5.58. The van der Waals surface area contributed by atoms with E-state index in [4.69, 9.17) is 5.73 Å². The summed E-state index contributed by atoms with van der Waals surface area (Å²) in [4.78, 5) is 11.5. The molecule has 1 aromatic rings. The van der Waals surface area contributed by atoms with Gasteiger partial charge in [0, 0.05) is 19.0 Å². The normalized spacial score (nSPS) is 17.9. The van der Waals surface area contributed by atoms with Crippen molar-refractivity contribution < 1.29 is 4.79 Å². The average Bonchev–Trinajstić information content (AvgIpc) is 2.65. The smallest absolute Gasteiger partial charge is 0.242 e. The Labute approximate surface area is 95.4 Å². The van der Waals surface area contributed by atoms with Gasteiger partial charge in [-0.05, 0) is 31.0 Å². The van der Waals surface area contributed by atoms with Crippen molar-refractivity contribution in [2.45, 2.75) is 25.8 Å². The van der Waals surface area contributed by atoms with E-state index in [1.807, 2.05) is 31.2 Å². The molecule has 0 aliphatic carbocycles. The zero-order chi connectivity index (χ0) is 11.5.